The molecule has 72 valence electrons. The Morgan fingerprint density at radius 3 is 3.00 bits per heavy atom. The zero-order chi connectivity index (χ0) is 10.3. The van der Waals surface area contributed by atoms with Crippen molar-refractivity contribution < 1.29 is 18.9 Å². The molecule has 0 aliphatic carbocycles. The van der Waals surface area contributed by atoms with Gasteiger partial charge in [0.1, 0.15) is 5.82 Å². The number of hydrogen-bond donors (Lipinski definition) is 2. The summed E-state index contributed by atoms with van der Waals surface area (Å²) in [6.07, 6.45) is 0. The van der Waals surface area contributed by atoms with Crippen LogP contribution in [0.25, 0.3) is 0 Å². The van der Waals surface area contributed by atoms with E-state index in [0.29, 0.717) is 5.56 Å². The molecule has 0 saturated carbocycles. The third-order valence-corrected chi connectivity index (χ3v) is 2.18. The van der Waals surface area contributed by atoms with E-state index < -0.39 is 18.8 Å². The molecular formula is C8H7BFNO3. The SMILES string of the molecule is NC(=O)c1ccc2c(c1F)B(O)OC2. The highest BCUT2D eigenvalue weighted by atomic mass is 19.1. The molecule has 0 radical (unpaired) electrons. The number of benzene rings is 1. The fourth-order valence-corrected chi connectivity index (χ4v) is 1.47. The van der Waals surface area contributed by atoms with Crippen molar-refractivity contribution in [1.82, 2.24) is 0 Å². The molecule has 0 unspecified atom stereocenters. The quantitative estimate of drug-likeness (QED) is 0.572. The van der Waals surface area contributed by atoms with Crippen LogP contribution in [0.2, 0.25) is 0 Å². The molecule has 1 heterocycles. The van der Waals surface area contributed by atoms with Gasteiger partial charge in [0, 0.05) is 5.46 Å². The first-order valence-electron chi connectivity index (χ1n) is 4.02. The van der Waals surface area contributed by atoms with Crippen LogP contribution in [0.3, 0.4) is 0 Å². The Morgan fingerprint density at radius 1 is 1.64 bits per heavy atom. The number of primary amides is 1. The van der Waals surface area contributed by atoms with Crippen LogP contribution >= 0.6 is 0 Å². The summed E-state index contributed by atoms with van der Waals surface area (Å²) < 4.78 is 18.3. The van der Waals surface area contributed by atoms with E-state index in [0.717, 1.165) is 0 Å². The lowest BCUT2D eigenvalue weighted by Crippen LogP contribution is -2.33. The summed E-state index contributed by atoms with van der Waals surface area (Å²) in [5.74, 6) is -1.65. The molecule has 4 nitrogen and oxygen atoms in total. The summed E-state index contributed by atoms with van der Waals surface area (Å²) in [6.45, 7) is 0.145. The summed E-state index contributed by atoms with van der Waals surface area (Å²) in [6, 6.07) is 2.81. The normalized spacial score (nSPS) is 14.3. The van der Waals surface area contributed by atoms with Gasteiger partial charge in [-0.2, -0.15) is 0 Å². The molecule has 0 fully saturated rings. The second kappa shape index (κ2) is 3.07. The van der Waals surface area contributed by atoms with Gasteiger partial charge in [-0.3, -0.25) is 4.79 Å². The molecular weight excluding hydrogens is 188 g/mol. The predicted molar refractivity (Wildman–Crippen MR) is 47.3 cm³/mol. The highest BCUT2D eigenvalue weighted by Gasteiger charge is 2.32. The standard InChI is InChI=1S/C8H7BFNO3/c10-7-5(8(11)12)2-1-4-3-14-9(13)6(4)7/h1-2,13H,3H2,(H2,11,12). The summed E-state index contributed by atoms with van der Waals surface area (Å²) >= 11 is 0. The van der Waals surface area contributed by atoms with Crippen LogP contribution in [0, 0.1) is 5.82 Å². The third kappa shape index (κ3) is 1.20. The number of hydrogen-bond acceptors (Lipinski definition) is 3. The van der Waals surface area contributed by atoms with Crippen molar-refractivity contribution in [2.75, 3.05) is 0 Å². The van der Waals surface area contributed by atoms with Crippen LogP contribution in [0.5, 0.6) is 0 Å². The van der Waals surface area contributed by atoms with Crippen molar-refractivity contribution in [1.29, 1.82) is 0 Å². The van der Waals surface area contributed by atoms with Crippen LogP contribution in [0.1, 0.15) is 15.9 Å². The van der Waals surface area contributed by atoms with Crippen molar-refractivity contribution >= 4 is 18.5 Å². The molecule has 1 aromatic carbocycles. The Kier molecular flexibility index (Phi) is 2.01. The van der Waals surface area contributed by atoms with E-state index in [1.165, 1.54) is 12.1 Å². The number of rotatable bonds is 1. The maximum Gasteiger partial charge on any atom is 0.494 e. The molecule has 1 aliphatic heterocycles. The van der Waals surface area contributed by atoms with Gasteiger partial charge in [0.05, 0.1) is 12.2 Å². The fourth-order valence-electron chi connectivity index (χ4n) is 1.47. The van der Waals surface area contributed by atoms with E-state index in [2.05, 4.69) is 0 Å². The summed E-state index contributed by atoms with van der Waals surface area (Å²) in [5.41, 5.74) is 5.28. The largest absolute Gasteiger partial charge is 0.494 e. The Labute approximate surface area is 79.6 Å². The van der Waals surface area contributed by atoms with Gasteiger partial charge in [-0.1, -0.05) is 6.07 Å². The zero-order valence-electron chi connectivity index (χ0n) is 7.16. The average Bonchev–Trinajstić information content (AvgIpc) is 2.48. The van der Waals surface area contributed by atoms with E-state index in [-0.39, 0.29) is 17.6 Å². The zero-order valence-corrected chi connectivity index (χ0v) is 7.16. The van der Waals surface area contributed by atoms with E-state index in [1.54, 1.807) is 0 Å². The predicted octanol–water partition coefficient (Wildman–Crippen LogP) is -0.858. The second-order valence-corrected chi connectivity index (χ2v) is 3.03. The van der Waals surface area contributed by atoms with Crippen LogP contribution in [0.15, 0.2) is 12.1 Å². The number of carbonyl (C=O) groups excluding carboxylic acids is 1. The van der Waals surface area contributed by atoms with Crippen LogP contribution < -0.4 is 11.2 Å². The molecule has 0 atom stereocenters. The van der Waals surface area contributed by atoms with Gasteiger partial charge in [0.2, 0.25) is 0 Å². The van der Waals surface area contributed by atoms with E-state index >= 15 is 0 Å². The number of fused-ring (bicyclic) bond motifs is 1. The lowest BCUT2D eigenvalue weighted by atomic mass is 9.78. The third-order valence-electron chi connectivity index (χ3n) is 2.18. The monoisotopic (exact) mass is 195 g/mol. The number of carbonyl (C=O) groups is 1. The lowest BCUT2D eigenvalue weighted by Gasteiger charge is -2.03. The maximum atomic E-state index is 13.5. The molecule has 1 aliphatic rings. The lowest BCUT2D eigenvalue weighted by molar-refractivity contribution is 0.0996. The molecule has 0 aromatic heterocycles. The van der Waals surface area contributed by atoms with Gasteiger partial charge in [-0.15, -0.1) is 0 Å². The maximum absolute atomic E-state index is 13.5. The van der Waals surface area contributed by atoms with Gasteiger partial charge in [0.25, 0.3) is 5.91 Å². The van der Waals surface area contributed by atoms with Crippen molar-refractivity contribution in [3.05, 3.63) is 29.1 Å². The minimum Gasteiger partial charge on any atom is -0.423 e. The number of halogens is 1. The first kappa shape index (κ1) is 9.17. The fraction of sp³-hybridized carbons (Fsp3) is 0.125. The highest BCUT2D eigenvalue weighted by Crippen LogP contribution is 2.15. The van der Waals surface area contributed by atoms with E-state index in [4.69, 9.17) is 10.4 Å². The molecule has 1 amide bonds. The van der Waals surface area contributed by atoms with Gasteiger partial charge in [-0.25, -0.2) is 4.39 Å². The summed E-state index contributed by atoms with van der Waals surface area (Å²) in [5, 5.41) is 9.25. The van der Waals surface area contributed by atoms with Crippen LogP contribution in [-0.2, 0) is 11.3 Å². The van der Waals surface area contributed by atoms with Crippen molar-refractivity contribution in [2.45, 2.75) is 6.61 Å². The molecule has 3 N–H and O–H groups in total. The van der Waals surface area contributed by atoms with Crippen molar-refractivity contribution in [3.63, 3.8) is 0 Å². The summed E-state index contributed by atoms with van der Waals surface area (Å²) in [4.78, 5) is 10.8. The van der Waals surface area contributed by atoms with Gasteiger partial charge < -0.3 is 15.4 Å². The van der Waals surface area contributed by atoms with Gasteiger partial charge in [0.15, 0.2) is 0 Å². The second-order valence-electron chi connectivity index (χ2n) is 3.03. The molecule has 1 aromatic rings. The molecule has 14 heavy (non-hydrogen) atoms. The molecule has 0 bridgehead atoms. The molecule has 2 rings (SSSR count). The average molecular weight is 195 g/mol. The van der Waals surface area contributed by atoms with Gasteiger partial charge >= 0.3 is 7.12 Å². The summed E-state index contributed by atoms with van der Waals surface area (Å²) in [7, 11) is -1.30. The topological polar surface area (TPSA) is 72.6 Å². The van der Waals surface area contributed by atoms with Gasteiger partial charge in [-0.05, 0) is 11.6 Å². The van der Waals surface area contributed by atoms with Crippen LogP contribution in [-0.4, -0.2) is 18.0 Å². The molecule has 0 spiro atoms. The smallest absolute Gasteiger partial charge is 0.423 e. The number of nitrogens with two attached hydrogens (primary N) is 1. The van der Waals surface area contributed by atoms with Crippen molar-refractivity contribution in [3.8, 4) is 0 Å². The van der Waals surface area contributed by atoms with Crippen LogP contribution in [0.4, 0.5) is 4.39 Å². The van der Waals surface area contributed by atoms with E-state index in [9.17, 15) is 14.2 Å². The Morgan fingerprint density at radius 2 is 2.36 bits per heavy atom. The Bertz CT molecular complexity index is 410. The Hall–Kier alpha value is -1.40. The minimum atomic E-state index is -1.30. The first-order valence-corrected chi connectivity index (χ1v) is 4.02. The molecule has 0 saturated heterocycles. The first-order chi connectivity index (χ1) is 6.61. The Balaban J connectivity index is 2.61. The van der Waals surface area contributed by atoms with E-state index in [1.807, 2.05) is 0 Å². The minimum absolute atomic E-state index is 0.0151. The molecule has 6 heteroatoms. The number of amides is 1. The highest BCUT2D eigenvalue weighted by molar-refractivity contribution is 6.61. The van der Waals surface area contributed by atoms with Crippen molar-refractivity contribution in [2.24, 2.45) is 5.73 Å².